The molecule has 84 valence electrons. The predicted molar refractivity (Wildman–Crippen MR) is 60.7 cm³/mol. The first-order valence-electron chi connectivity index (χ1n) is 5.06. The Hall–Kier alpha value is -1.16. The van der Waals surface area contributed by atoms with Gasteiger partial charge in [-0.3, -0.25) is 4.79 Å². The monoisotopic (exact) mass is 209 g/mol. The number of H-pyrrole nitrogens is 1. The van der Waals surface area contributed by atoms with Gasteiger partial charge in [-0.15, -0.1) is 0 Å². The molecular weight excluding hydrogens is 190 g/mol. The fraction of sp³-hybridized carbons (Fsp3) is 0.636. The molecule has 0 amide bonds. The molecule has 0 aromatic carbocycles. The summed E-state index contributed by atoms with van der Waals surface area (Å²) in [5.74, 6) is 0.565. The van der Waals surface area contributed by atoms with E-state index in [4.69, 9.17) is 5.73 Å². The quantitative estimate of drug-likeness (QED) is 0.735. The van der Waals surface area contributed by atoms with Crippen LogP contribution < -0.4 is 11.3 Å². The van der Waals surface area contributed by atoms with E-state index >= 15 is 0 Å². The Morgan fingerprint density at radius 3 is 2.27 bits per heavy atom. The minimum absolute atomic E-state index is 0.0998. The number of aryl methyl sites for hydroxylation is 1. The van der Waals surface area contributed by atoms with Crippen LogP contribution in [0.5, 0.6) is 0 Å². The molecule has 4 nitrogen and oxygen atoms in total. The summed E-state index contributed by atoms with van der Waals surface area (Å²) in [7, 11) is 0. The smallest absolute Gasteiger partial charge is 0.254 e. The standard InChI is InChI=1S/C11H19N3O/c1-6-7(2)13-9(14-10(6)15)8(12)11(3,4)5/h8H,12H2,1-5H3,(H,13,14,15). The summed E-state index contributed by atoms with van der Waals surface area (Å²) in [4.78, 5) is 18.6. The third-order valence-corrected chi connectivity index (χ3v) is 2.64. The lowest BCUT2D eigenvalue weighted by molar-refractivity contribution is 0.314. The lowest BCUT2D eigenvalue weighted by Crippen LogP contribution is -2.31. The van der Waals surface area contributed by atoms with Gasteiger partial charge < -0.3 is 10.7 Å². The van der Waals surface area contributed by atoms with Crippen LogP contribution in [-0.2, 0) is 0 Å². The maximum atomic E-state index is 11.5. The zero-order valence-electron chi connectivity index (χ0n) is 10.0. The van der Waals surface area contributed by atoms with Gasteiger partial charge in [-0.2, -0.15) is 0 Å². The van der Waals surface area contributed by atoms with Gasteiger partial charge in [0.2, 0.25) is 0 Å². The summed E-state index contributed by atoms with van der Waals surface area (Å²) in [6.45, 7) is 9.64. The van der Waals surface area contributed by atoms with E-state index in [2.05, 4.69) is 9.97 Å². The number of nitrogens with two attached hydrogens (primary N) is 1. The summed E-state index contributed by atoms with van der Waals surface area (Å²) < 4.78 is 0. The molecule has 1 aromatic heterocycles. The van der Waals surface area contributed by atoms with Gasteiger partial charge in [0.1, 0.15) is 5.82 Å². The number of rotatable bonds is 1. The lowest BCUT2D eigenvalue weighted by atomic mass is 9.87. The molecule has 0 saturated carbocycles. The van der Waals surface area contributed by atoms with E-state index in [0.717, 1.165) is 5.69 Å². The van der Waals surface area contributed by atoms with Crippen LogP contribution in [0.15, 0.2) is 4.79 Å². The molecule has 1 heterocycles. The van der Waals surface area contributed by atoms with Crippen molar-refractivity contribution >= 4 is 0 Å². The fourth-order valence-electron chi connectivity index (χ4n) is 1.22. The molecular formula is C11H19N3O. The van der Waals surface area contributed by atoms with Gasteiger partial charge in [-0.25, -0.2) is 4.98 Å². The van der Waals surface area contributed by atoms with Gasteiger partial charge in [-0.1, -0.05) is 20.8 Å². The molecule has 0 aliphatic carbocycles. The van der Waals surface area contributed by atoms with Gasteiger partial charge in [0.25, 0.3) is 5.56 Å². The van der Waals surface area contributed by atoms with E-state index < -0.39 is 0 Å². The Balaban J connectivity index is 3.24. The Morgan fingerprint density at radius 1 is 1.33 bits per heavy atom. The Morgan fingerprint density at radius 2 is 1.87 bits per heavy atom. The van der Waals surface area contributed by atoms with Crippen LogP contribution in [0.4, 0.5) is 0 Å². The van der Waals surface area contributed by atoms with Crippen LogP contribution in [0, 0.1) is 19.3 Å². The van der Waals surface area contributed by atoms with E-state index in [1.807, 2.05) is 27.7 Å². The molecule has 1 atom stereocenters. The topological polar surface area (TPSA) is 71.8 Å². The molecule has 4 heteroatoms. The molecule has 15 heavy (non-hydrogen) atoms. The number of aromatic amines is 1. The van der Waals surface area contributed by atoms with Crippen molar-refractivity contribution in [3.63, 3.8) is 0 Å². The number of hydrogen-bond donors (Lipinski definition) is 2. The Labute approximate surface area is 89.9 Å². The van der Waals surface area contributed by atoms with Crippen molar-refractivity contribution in [2.75, 3.05) is 0 Å². The van der Waals surface area contributed by atoms with E-state index in [0.29, 0.717) is 11.4 Å². The SMILES string of the molecule is Cc1nc(C(N)C(C)(C)C)[nH]c(=O)c1C. The second kappa shape index (κ2) is 3.77. The summed E-state index contributed by atoms with van der Waals surface area (Å²) in [5, 5.41) is 0. The van der Waals surface area contributed by atoms with E-state index in [1.54, 1.807) is 6.92 Å². The first-order valence-corrected chi connectivity index (χ1v) is 5.06. The number of hydrogen-bond acceptors (Lipinski definition) is 3. The van der Waals surface area contributed by atoms with Gasteiger partial charge in [0.15, 0.2) is 0 Å². The van der Waals surface area contributed by atoms with Crippen LogP contribution in [0.2, 0.25) is 0 Å². The highest BCUT2D eigenvalue weighted by Crippen LogP contribution is 2.27. The van der Waals surface area contributed by atoms with Crippen molar-refractivity contribution < 1.29 is 0 Å². The van der Waals surface area contributed by atoms with E-state index in [-0.39, 0.29) is 17.0 Å². The van der Waals surface area contributed by atoms with Crippen molar-refractivity contribution in [3.8, 4) is 0 Å². The molecule has 0 saturated heterocycles. The lowest BCUT2D eigenvalue weighted by Gasteiger charge is -2.26. The fourth-order valence-corrected chi connectivity index (χ4v) is 1.22. The highest BCUT2D eigenvalue weighted by atomic mass is 16.1. The van der Waals surface area contributed by atoms with Crippen molar-refractivity contribution in [1.29, 1.82) is 0 Å². The van der Waals surface area contributed by atoms with Crippen LogP contribution in [-0.4, -0.2) is 9.97 Å². The van der Waals surface area contributed by atoms with Crippen LogP contribution >= 0.6 is 0 Å². The van der Waals surface area contributed by atoms with Crippen molar-refractivity contribution in [2.45, 2.75) is 40.7 Å². The molecule has 0 aliphatic rings. The van der Waals surface area contributed by atoms with Crippen LogP contribution in [0.3, 0.4) is 0 Å². The average Bonchev–Trinajstić information content (AvgIpc) is 2.10. The minimum Gasteiger partial charge on any atom is -0.321 e. The van der Waals surface area contributed by atoms with E-state index in [1.165, 1.54) is 0 Å². The predicted octanol–water partition coefficient (Wildman–Crippen LogP) is 1.43. The molecule has 1 rings (SSSR count). The summed E-state index contributed by atoms with van der Waals surface area (Å²) >= 11 is 0. The second-order valence-corrected chi connectivity index (χ2v) is 5.01. The van der Waals surface area contributed by atoms with Crippen LogP contribution in [0.25, 0.3) is 0 Å². The third kappa shape index (κ3) is 2.45. The molecule has 0 bridgehead atoms. The number of nitrogens with zero attached hydrogens (tertiary/aromatic N) is 1. The van der Waals surface area contributed by atoms with E-state index in [9.17, 15) is 4.79 Å². The molecule has 0 fully saturated rings. The summed E-state index contributed by atoms with van der Waals surface area (Å²) in [5.41, 5.74) is 7.21. The zero-order valence-corrected chi connectivity index (χ0v) is 10.0. The normalized spacial score (nSPS) is 14.0. The second-order valence-electron chi connectivity index (χ2n) is 5.01. The average molecular weight is 209 g/mol. The molecule has 0 radical (unpaired) electrons. The molecule has 0 spiro atoms. The molecule has 3 N–H and O–H groups in total. The Bertz CT molecular complexity index is 415. The number of nitrogens with one attached hydrogen (secondary N) is 1. The first kappa shape index (κ1) is 11.9. The van der Waals surface area contributed by atoms with Crippen molar-refractivity contribution in [3.05, 3.63) is 27.4 Å². The maximum Gasteiger partial charge on any atom is 0.254 e. The van der Waals surface area contributed by atoms with Gasteiger partial charge >= 0.3 is 0 Å². The van der Waals surface area contributed by atoms with Gasteiger partial charge in [-0.05, 0) is 19.3 Å². The Kier molecular flexibility index (Phi) is 3.00. The number of aromatic nitrogens is 2. The molecule has 1 unspecified atom stereocenters. The first-order chi connectivity index (χ1) is 6.73. The third-order valence-electron chi connectivity index (χ3n) is 2.64. The minimum atomic E-state index is -0.260. The van der Waals surface area contributed by atoms with Crippen molar-refractivity contribution in [1.82, 2.24) is 9.97 Å². The van der Waals surface area contributed by atoms with Crippen molar-refractivity contribution in [2.24, 2.45) is 11.1 Å². The highest BCUT2D eigenvalue weighted by Gasteiger charge is 2.24. The summed E-state index contributed by atoms with van der Waals surface area (Å²) in [6, 6.07) is -0.260. The molecule has 1 aromatic rings. The molecule has 0 aliphatic heterocycles. The summed E-state index contributed by atoms with van der Waals surface area (Å²) in [6.07, 6.45) is 0. The van der Waals surface area contributed by atoms with Gasteiger partial charge in [0.05, 0.1) is 6.04 Å². The van der Waals surface area contributed by atoms with Crippen LogP contribution in [0.1, 0.15) is 43.9 Å². The maximum absolute atomic E-state index is 11.5. The largest absolute Gasteiger partial charge is 0.321 e. The zero-order chi connectivity index (χ0) is 11.8. The highest BCUT2D eigenvalue weighted by molar-refractivity contribution is 5.15. The van der Waals surface area contributed by atoms with Gasteiger partial charge in [0, 0.05) is 11.3 Å².